The second kappa shape index (κ2) is 6.42. The summed E-state index contributed by atoms with van der Waals surface area (Å²) in [5, 5.41) is 27.0. The van der Waals surface area contributed by atoms with E-state index in [1.165, 1.54) is 0 Å². The van der Waals surface area contributed by atoms with E-state index in [9.17, 15) is 0 Å². The number of hydrogen-bond donors (Lipinski definition) is 7. The van der Waals surface area contributed by atoms with Crippen LogP contribution in [-0.2, 0) is 4.74 Å². The van der Waals surface area contributed by atoms with Crippen LogP contribution < -0.4 is 22.9 Å². The third kappa shape index (κ3) is 5.68. The zero-order chi connectivity index (χ0) is 12.8. The first kappa shape index (κ1) is 15.7. The fourth-order valence-electron chi connectivity index (χ4n) is 0.978. The maximum absolute atomic E-state index is 9.01. The molecule has 1 atom stereocenters. The van der Waals surface area contributed by atoms with Crippen molar-refractivity contribution in [1.82, 2.24) is 0 Å². The molecule has 0 radical (unpaired) electrons. The van der Waals surface area contributed by atoms with Crippen molar-refractivity contribution in [3.8, 4) is 0 Å². The molecule has 8 heteroatoms. The van der Waals surface area contributed by atoms with E-state index in [0.29, 0.717) is 0 Å². The van der Waals surface area contributed by atoms with E-state index in [1.807, 2.05) is 0 Å². The van der Waals surface area contributed by atoms with Crippen LogP contribution >= 0.6 is 0 Å². The molecule has 0 aromatic heterocycles. The Morgan fingerprint density at radius 3 is 1.75 bits per heavy atom. The maximum Gasteiger partial charge on any atom is 0.119 e. The predicted octanol–water partition coefficient (Wildman–Crippen LogP) is -3.83. The van der Waals surface area contributed by atoms with Gasteiger partial charge >= 0.3 is 0 Å². The lowest BCUT2D eigenvalue weighted by Gasteiger charge is -2.30. The summed E-state index contributed by atoms with van der Waals surface area (Å²) in [6.45, 7) is -1.39. The highest BCUT2D eigenvalue weighted by molar-refractivity contribution is 4.78. The highest BCUT2D eigenvalue weighted by atomic mass is 16.5. The molecule has 0 spiro atoms. The Balaban J connectivity index is 4.11. The zero-order valence-corrected chi connectivity index (χ0v) is 9.17. The van der Waals surface area contributed by atoms with Gasteiger partial charge in [-0.3, -0.25) is 0 Å². The summed E-state index contributed by atoms with van der Waals surface area (Å²) >= 11 is 0. The topological polar surface area (TPSA) is 174 Å². The lowest BCUT2D eigenvalue weighted by Crippen LogP contribution is -2.61. The molecule has 0 fully saturated rings. The minimum atomic E-state index is -1.44. The summed E-state index contributed by atoms with van der Waals surface area (Å²) in [4.78, 5) is 0. The number of nitrogens with two attached hydrogens (primary N) is 4. The van der Waals surface area contributed by atoms with Gasteiger partial charge in [-0.1, -0.05) is 0 Å². The molecule has 16 heavy (non-hydrogen) atoms. The molecule has 8 nitrogen and oxygen atoms in total. The first-order valence-electron chi connectivity index (χ1n) is 4.85. The van der Waals surface area contributed by atoms with E-state index in [-0.39, 0.29) is 13.0 Å². The zero-order valence-electron chi connectivity index (χ0n) is 9.17. The normalized spacial score (nSPS) is 15.2. The quantitative estimate of drug-likeness (QED) is 0.210. The molecule has 0 amide bonds. The van der Waals surface area contributed by atoms with Crippen LogP contribution in [-0.4, -0.2) is 53.8 Å². The van der Waals surface area contributed by atoms with Gasteiger partial charge in [-0.15, -0.1) is 0 Å². The van der Waals surface area contributed by atoms with E-state index < -0.39 is 37.3 Å². The van der Waals surface area contributed by atoms with Gasteiger partial charge in [-0.25, -0.2) is 0 Å². The minimum absolute atomic E-state index is 0.00532. The van der Waals surface area contributed by atoms with Crippen LogP contribution in [0.4, 0.5) is 0 Å². The fraction of sp³-hybridized carbons (Fsp3) is 1.00. The van der Waals surface area contributed by atoms with Crippen LogP contribution in [0.3, 0.4) is 0 Å². The van der Waals surface area contributed by atoms with Crippen molar-refractivity contribution in [3.05, 3.63) is 0 Å². The van der Waals surface area contributed by atoms with Crippen LogP contribution in [0.2, 0.25) is 0 Å². The molecule has 0 aromatic carbocycles. The summed E-state index contributed by atoms with van der Waals surface area (Å²) in [5.74, 6) is -1.44. The molecule has 0 aliphatic heterocycles. The largest absolute Gasteiger partial charge is 0.396 e. The van der Waals surface area contributed by atoms with Gasteiger partial charge in [0.15, 0.2) is 0 Å². The van der Waals surface area contributed by atoms with Gasteiger partial charge in [-0.05, 0) is 0 Å². The van der Waals surface area contributed by atoms with E-state index in [4.69, 9.17) is 43.0 Å². The van der Waals surface area contributed by atoms with Crippen LogP contribution in [0.5, 0.6) is 0 Å². The Hall–Kier alpha value is -0.320. The molecule has 0 rings (SSSR count). The summed E-state index contributed by atoms with van der Waals surface area (Å²) < 4.78 is 5.11. The van der Waals surface area contributed by atoms with Gasteiger partial charge in [0.2, 0.25) is 0 Å². The van der Waals surface area contributed by atoms with Crippen LogP contribution in [0.25, 0.3) is 0 Å². The molecular weight excluding hydrogens is 216 g/mol. The van der Waals surface area contributed by atoms with Crippen molar-refractivity contribution in [2.75, 3.05) is 26.4 Å². The lowest BCUT2D eigenvalue weighted by molar-refractivity contribution is -0.0833. The predicted molar refractivity (Wildman–Crippen MR) is 57.5 cm³/mol. The van der Waals surface area contributed by atoms with Crippen molar-refractivity contribution in [1.29, 1.82) is 0 Å². The molecule has 0 aliphatic rings. The van der Waals surface area contributed by atoms with Crippen molar-refractivity contribution >= 4 is 0 Å². The van der Waals surface area contributed by atoms with E-state index in [1.54, 1.807) is 0 Å². The Labute approximate surface area is 94.1 Å². The Kier molecular flexibility index (Phi) is 6.30. The second-order valence-corrected chi connectivity index (χ2v) is 4.14. The average Bonchev–Trinajstić information content (AvgIpc) is 2.18. The van der Waals surface area contributed by atoms with Gasteiger partial charge in [0.25, 0.3) is 0 Å². The summed E-state index contributed by atoms with van der Waals surface area (Å²) in [6.07, 6.45) is -0.824. The number of ether oxygens (including phenoxy) is 1. The third-order valence-corrected chi connectivity index (χ3v) is 2.16. The molecule has 98 valence electrons. The molecule has 0 saturated heterocycles. The van der Waals surface area contributed by atoms with Gasteiger partial charge in [-0.2, -0.15) is 0 Å². The molecule has 11 N–H and O–H groups in total. The smallest absolute Gasteiger partial charge is 0.119 e. The van der Waals surface area contributed by atoms with Crippen molar-refractivity contribution < 1.29 is 20.1 Å². The Morgan fingerprint density at radius 1 is 1.00 bits per heavy atom. The standard InChI is InChI=1S/C8H22N4O4/c9-6(1-8(10,11)12)16-5-7(2-13,3-14)4-15/h6,13-15H,1-5,9-12H2. The number of rotatable bonds is 8. The first-order chi connectivity index (χ1) is 7.28. The van der Waals surface area contributed by atoms with Gasteiger partial charge in [0.05, 0.1) is 31.8 Å². The Morgan fingerprint density at radius 2 is 1.44 bits per heavy atom. The number of hydrogen-bond acceptors (Lipinski definition) is 8. The van der Waals surface area contributed by atoms with Crippen LogP contribution in [0, 0.1) is 5.41 Å². The highest BCUT2D eigenvalue weighted by Crippen LogP contribution is 2.16. The Bertz CT molecular complexity index is 185. The van der Waals surface area contributed by atoms with Gasteiger partial charge in [0.1, 0.15) is 12.0 Å². The van der Waals surface area contributed by atoms with E-state index >= 15 is 0 Å². The van der Waals surface area contributed by atoms with Gasteiger partial charge < -0.3 is 43.0 Å². The van der Waals surface area contributed by atoms with Crippen molar-refractivity contribution in [2.24, 2.45) is 28.3 Å². The molecular formula is C8H22N4O4. The fourth-order valence-corrected chi connectivity index (χ4v) is 0.978. The molecule has 0 aliphatic carbocycles. The van der Waals surface area contributed by atoms with Crippen LogP contribution in [0.1, 0.15) is 6.42 Å². The summed E-state index contributed by atoms with van der Waals surface area (Å²) in [6, 6.07) is 0. The molecule has 0 heterocycles. The monoisotopic (exact) mass is 238 g/mol. The van der Waals surface area contributed by atoms with Crippen molar-refractivity contribution in [3.63, 3.8) is 0 Å². The summed E-state index contributed by atoms with van der Waals surface area (Å²) in [7, 11) is 0. The maximum atomic E-state index is 9.01. The van der Waals surface area contributed by atoms with E-state index in [0.717, 1.165) is 0 Å². The third-order valence-electron chi connectivity index (χ3n) is 2.16. The molecule has 0 saturated carbocycles. The van der Waals surface area contributed by atoms with Crippen molar-refractivity contribution in [2.45, 2.75) is 18.4 Å². The SMILES string of the molecule is NC(CC(N)(N)N)OCC(CO)(CO)CO. The molecule has 0 aromatic rings. The summed E-state index contributed by atoms with van der Waals surface area (Å²) in [5.41, 5.74) is 20.4. The lowest BCUT2D eigenvalue weighted by atomic mass is 9.92. The second-order valence-electron chi connectivity index (χ2n) is 4.14. The number of aliphatic hydroxyl groups excluding tert-OH is 3. The van der Waals surface area contributed by atoms with Crippen LogP contribution in [0.15, 0.2) is 0 Å². The number of aliphatic hydroxyl groups is 3. The van der Waals surface area contributed by atoms with Gasteiger partial charge in [0, 0.05) is 6.42 Å². The molecule has 1 unspecified atom stereocenters. The minimum Gasteiger partial charge on any atom is -0.396 e. The highest BCUT2D eigenvalue weighted by Gasteiger charge is 2.30. The van der Waals surface area contributed by atoms with E-state index in [2.05, 4.69) is 0 Å². The first-order valence-corrected chi connectivity index (χ1v) is 4.85. The molecule has 0 bridgehead atoms. The average molecular weight is 238 g/mol.